The van der Waals surface area contributed by atoms with Gasteiger partial charge in [0.1, 0.15) is 4.99 Å². The van der Waals surface area contributed by atoms with Crippen molar-refractivity contribution in [2.45, 2.75) is 13.3 Å². The van der Waals surface area contributed by atoms with Crippen molar-refractivity contribution in [2.24, 2.45) is 5.73 Å². The zero-order chi connectivity index (χ0) is 11.4. The third kappa shape index (κ3) is 3.18. The Bertz CT molecular complexity index is 366. The largest absolute Gasteiger partial charge is 0.389 e. The summed E-state index contributed by atoms with van der Waals surface area (Å²) in [6.07, 6.45) is 1.10. The van der Waals surface area contributed by atoms with Crippen LogP contribution in [0.15, 0.2) is 22.7 Å². The highest BCUT2D eigenvalue weighted by Crippen LogP contribution is 2.24. The fraction of sp³-hybridized carbons (Fsp3) is 0.364. The zero-order valence-corrected chi connectivity index (χ0v) is 11.4. The molecule has 0 aliphatic carbocycles. The van der Waals surface area contributed by atoms with Crippen LogP contribution in [0.5, 0.6) is 0 Å². The lowest BCUT2D eigenvalue weighted by Crippen LogP contribution is -2.22. The highest BCUT2D eigenvalue weighted by molar-refractivity contribution is 9.10. The van der Waals surface area contributed by atoms with Gasteiger partial charge in [0.25, 0.3) is 0 Å². The monoisotopic (exact) mass is 286 g/mol. The molecule has 0 saturated heterocycles. The normalized spacial score (nSPS) is 10.1. The van der Waals surface area contributed by atoms with Gasteiger partial charge in [-0.05, 0) is 24.6 Å². The molecule has 0 radical (unpaired) electrons. The lowest BCUT2D eigenvalue weighted by Gasteiger charge is -2.21. The molecular formula is C11H15BrN2S. The summed E-state index contributed by atoms with van der Waals surface area (Å²) in [6, 6.07) is 5.95. The van der Waals surface area contributed by atoms with E-state index in [4.69, 9.17) is 18.0 Å². The Morgan fingerprint density at radius 2 is 2.20 bits per heavy atom. The first-order chi connectivity index (χ1) is 7.06. The summed E-state index contributed by atoms with van der Waals surface area (Å²) in [5.41, 5.74) is 7.70. The molecule has 1 aromatic rings. The minimum atomic E-state index is 0.445. The first-order valence-electron chi connectivity index (χ1n) is 4.86. The van der Waals surface area contributed by atoms with E-state index in [-0.39, 0.29) is 0 Å². The fourth-order valence-corrected chi connectivity index (χ4v) is 2.01. The summed E-state index contributed by atoms with van der Waals surface area (Å²) in [7, 11) is 2.05. The molecule has 2 nitrogen and oxygen atoms in total. The summed E-state index contributed by atoms with van der Waals surface area (Å²) in [5, 5.41) is 0. The number of rotatable bonds is 4. The number of anilines is 1. The molecule has 1 aromatic carbocycles. The molecular weight excluding hydrogens is 272 g/mol. The molecule has 0 aromatic heterocycles. The standard InChI is InChI=1S/C11H15BrN2S/c1-3-6-14(2)10-7-8(12)4-5-9(10)11(13)15/h4-5,7H,3,6H2,1-2H3,(H2,13,15). The van der Waals surface area contributed by atoms with Crippen LogP contribution < -0.4 is 10.6 Å². The summed E-state index contributed by atoms with van der Waals surface area (Å²) in [5.74, 6) is 0. The highest BCUT2D eigenvalue weighted by Gasteiger charge is 2.09. The third-order valence-electron chi connectivity index (χ3n) is 2.20. The predicted octanol–water partition coefficient (Wildman–Crippen LogP) is 2.93. The summed E-state index contributed by atoms with van der Waals surface area (Å²) >= 11 is 8.49. The van der Waals surface area contributed by atoms with Crippen LogP contribution in [0.2, 0.25) is 0 Å². The van der Waals surface area contributed by atoms with Crippen LogP contribution in [0.1, 0.15) is 18.9 Å². The number of hydrogen-bond donors (Lipinski definition) is 1. The minimum Gasteiger partial charge on any atom is -0.389 e. The Morgan fingerprint density at radius 1 is 1.53 bits per heavy atom. The van der Waals surface area contributed by atoms with Crippen LogP contribution in [-0.2, 0) is 0 Å². The third-order valence-corrected chi connectivity index (χ3v) is 2.91. The van der Waals surface area contributed by atoms with Gasteiger partial charge >= 0.3 is 0 Å². The zero-order valence-electron chi connectivity index (χ0n) is 8.96. The Kier molecular flexibility index (Phi) is 4.54. The van der Waals surface area contributed by atoms with E-state index in [1.165, 1.54) is 0 Å². The second kappa shape index (κ2) is 5.47. The molecule has 15 heavy (non-hydrogen) atoms. The number of hydrogen-bond acceptors (Lipinski definition) is 2. The predicted molar refractivity (Wildman–Crippen MR) is 73.6 cm³/mol. The van der Waals surface area contributed by atoms with E-state index in [1.54, 1.807) is 0 Å². The molecule has 1 rings (SSSR count). The van der Waals surface area contributed by atoms with E-state index in [0.29, 0.717) is 4.99 Å². The van der Waals surface area contributed by atoms with Crippen molar-refractivity contribution >= 4 is 38.8 Å². The van der Waals surface area contributed by atoms with Gasteiger partial charge in [0, 0.05) is 29.3 Å². The SMILES string of the molecule is CCCN(C)c1cc(Br)ccc1C(N)=S. The molecule has 0 amide bonds. The van der Waals surface area contributed by atoms with Crippen LogP contribution in [0.25, 0.3) is 0 Å². The van der Waals surface area contributed by atoms with Crippen LogP contribution >= 0.6 is 28.1 Å². The molecule has 0 bridgehead atoms. The van der Waals surface area contributed by atoms with Gasteiger partial charge in [-0.3, -0.25) is 0 Å². The summed E-state index contributed by atoms with van der Waals surface area (Å²) in [4.78, 5) is 2.61. The summed E-state index contributed by atoms with van der Waals surface area (Å²) < 4.78 is 1.04. The Labute approximate surface area is 105 Å². The van der Waals surface area contributed by atoms with Gasteiger partial charge in [0.15, 0.2) is 0 Å². The quantitative estimate of drug-likeness (QED) is 0.863. The molecule has 2 N–H and O–H groups in total. The average Bonchev–Trinajstić information content (AvgIpc) is 2.17. The number of halogens is 1. The number of benzene rings is 1. The molecule has 0 unspecified atom stereocenters. The molecule has 0 heterocycles. The Hall–Kier alpha value is -0.610. The van der Waals surface area contributed by atoms with Gasteiger partial charge in [0.2, 0.25) is 0 Å². The van der Waals surface area contributed by atoms with Crippen molar-refractivity contribution in [3.8, 4) is 0 Å². The van der Waals surface area contributed by atoms with Crippen molar-refractivity contribution in [2.75, 3.05) is 18.5 Å². The van der Waals surface area contributed by atoms with E-state index in [9.17, 15) is 0 Å². The lowest BCUT2D eigenvalue weighted by atomic mass is 10.1. The molecule has 0 aliphatic heterocycles. The molecule has 0 saturated carbocycles. The number of nitrogens with two attached hydrogens (primary N) is 1. The maximum absolute atomic E-state index is 5.69. The van der Waals surface area contributed by atoms with E-state index in [2.05, 4.69) is 27.8 Å². The van der Waals surface area contributed by atoms with Gasteiger partial charge in [-0.15, -0.1) is 0 Å². The second-order valence-corrected chi connectivity index (χ2v) is 4.80. The first-order valence-corrected chi connectivity index (χ1v) is 6.07. The van der Waals surface area contributed by atoms with Gasteiger partial charge in [-0.1, -0.05) is 35.1 Å². The average molecular weight is 287 g/mol. The second-order valence-electron chi connectivity index (χ2n) is 3.45. The smallest absolute Gasteiger partial charge is 0.106 e. The lowest BCUT2D eigenvalue weighted by molar-refractivity contribution is 0.851. The number of nitrogens with zero attached hydrogens (tertiary/aromatic N) is 1. The maximum atomic E-state index is 5.69. The van der Waals surface area contributed by atoms with Gasteiger partial charge < -0.3 is 10.6 Å². The Balaban J connectivity index is 3.12. The van der Waals surface area contributed by atoms with Crippen LogP contribution in [-0.4, -0.2) is 18.6 Å². The first kappa shape index (κ1) is 12.5. The molecule has 4 heteroatoms. The minimum absolute atomic E-state index is 0.445. The van der Waals surface area contributed by atoms with Crippen LogP contribution in [0.4, 0.5) is 5.69 Å². The molecule has 0 fully saturated rings. The fourth-order valence-electron chi connectivity index (χ4n) is 1.48. The van der Waals surface area contributed by atoms with Crippen molar-refractivity contribution in [1.82, 2.24) is 0 Å². The van der Waals surface area contributed by atoms with E-state index < -0.39 is 0 Å². The van der Waals surface area contributed by atoms with Crippen molar-refractivity contribution in [3.05, 3.63) is 28.2 Å². The molecule has 0 spiro atoms. The number of thiocarbonyl (C=S) groups is 1. The highest BCUT2D eigenvalue weighted by atomic mass is 79.9. The van der Waals surface area contributed by atoms with Gasteiger partial charge in [-0.25, -0.2) is 0 Å². The van der Waals surface area contributed by atoms with E-state index in [0.717, 1.165) is 28.7 Å². The van der Waals surface area contributed by atoms with E-state index >= 15 is 0 Å². The van der Waals surface area contributed by atoms with Gasteiger partial charge in [0.05, 0.1) is 0 Å². The van der Waals surface area contributed by atoms with Crippen molar-refractivity contribution in [1.29, 1.82) is 0 Å². The molecule has 0 atom stereocenters. The van der Waals surface area contributed by atoms with Gasteiger partial charge in [-0.2, -0.15) is 0 Å². The topological polar surface area (TPSA) is 29.3 Å². The van der Waals surface area contributed by atoms with E-state index in [1.807, 2.05) is 25.2 Å². The molecule has 0 aliphatic rings. The maximum Gasteiger partial charge on any atom is 0.106 e. The van der Waals surface area contributed by atoms with Crippen LogP contribution in [0, 0.1) is 0 Å². The summed E-state index contributed by atoms with van der Waals surface area (Å²) in [6.45, 7) is 3.14. The Morgan fingerprint density at radius 3 is 2.73 bits per heavy atom. The van der Waals surface area contributed by atoms with Crippen LogP contribution in [0.3, 0.4) is 0 Å². The molecule has 82 valence electrons. The van der Waals surface area contributed by atoms with Crippen molar-refractivity contribution < 1.29 is 0 Å². The van der Waals surface area contributed by atoms with Crippen molar-refractivity contribution in [3.63, 3.8) is 0 Å².